The van der Waals surface area contributed by atoms with Crippen LogP contribution in [-0.4, -0.2) is 26.9 Å². The molecule has 0 fully saturated rings. The number of nitrogens with zero attached hydrogens (tertiary/aromatic N) is 1. The van der Waals surface area contributed by atoms with Gasteiger partial charge in [0.25, 0.3) is 0 Å². The molecule has 0 aliphatic carbocycles. The van der Waals surface area contributed by atoms with Gasteiger partial charge in [0.15, 0.2) is 0 Å². The lowest BCUT2D eigenvalue weighted by Crippen LogP contribution is -2.36. The summed E-state index contributed by atoms with van der Waals surface area (Å²) in [5.74, 6) is 0. The Balaban J connectivity index is 3.06. The van der Waals surface area contributed by atoms with E-state index < -0.39 is 0 Å². The van der Waals surface area contributed by atoms with Gasteiger partial charge in [-0.25, -0.2) is 0 Å². The summed E-state index contributed by atoms with van der Waals surface area (Å²) >= 11 is 13.2. The number of halogens is 3. The summed E-state index contributed by atoms with van der Waals surface area (Å²) < 4.78 is 1.13. The van der Waals surface area contributed by atoms with Crippen LogP contribution in [0.4, 0.5) is 0 Å². The number of nitrogens with one attached hydrogen (secondary N) is 1. The smallest absolute Gasteiger partial charge is 0.124 e. The van der Waals surface area contributed by atoms with Crippen LogP contribution in [0.3, 0.4) is 0 Å². The number of hydrazine groups is 1. The van der Waals surface area contributed by atoms with E-state index in [9.17, 15) is 0 Å². The Morgan fingerprint density at radius 3 is 2.71 bits per heavy atom. The molecule has 0 amide bonds. The van der Waals surface area contributed by atoms with Gasteiger partial charge in [-0.05, 0) is 21.1 Å². The average Bonchev–Trinajstić information content (AvgIpc) is 2.14. The summed E-state index contributed by atoms with van der Waals surface area (Å²) in [5.41, 5.74) is 4.28. The highest BCUT2D eigenvalue weighted by atomic mass is 79.9. The van der Waals surface area contributed by atoms with Crippen molar-refractivity contribution in [2.24, 2.45) is 0 Å². The van der Waals surface area contributed by atoms with Crippen molar-refractivity contribution in [1.29, 1.82) is 0 Å². The highest BCUT2D eigenvalue weighted by molar-refractivity contribution is 9.11. The molecule has 0 aromatic carbocycles. The minimum Gasteiger partial charge on any atom is -0.287 e. The molecular formula is C8H13Br2ClN2Si. The van der Waals surface area contributed by atoms with Crippen molar-refractivity contribution in [1.82, 2.24) is 10.4 Å². The lowest BCUT2D eigenvalue weighted by molar-refractivity contribution is 0.365. The van der Waals surface area contributed by atoms with Gasteiger partial charge < -0.3 is 0 Å². The molecule has 0 atom stereocenters. The molecule has 1 rings (SSSR count). The van der Waals surface area contributed by atoms with Crippen LogP contribution in [0.25, 0.3) is 0 Å². The standard InChI is InChI=1S/C8H13Br2ClN2Si/c1-3-14-6-5(4-9)8(11)12-13(2)7(6)10/h12H,3-4,14H2,1-2H3. The van der Waals surface area contributed by atoms with E-state index in [4.69, 9.17) is 11.6 Å². The summed E-state index contributed by atoms with van der Waals surface area (Å²) in [6.45, 7) is 2.22. The number of alkyl halides is 1. The zero-order valence-corrected chi connectivity index (χ0v) is 13.5. The third kappa shape index (κ3) is 2.56. The van der Waals surface area contributed by atoms with Gasteiger partial charge in [-0.15, -0.1) is 0 Å². The minimum atomic E-state index is -0.215. The number of hydrogen-bond acceptors (Lipinski definition) is 2. The SMILES string of the molecule is CC[SiH2]C1=C(Br)N(C)NC(Cl)=C1CBr. The summed E-state index contributed by atoms with van der Waals surface area (Å²) in [6.07, 6.45) is 0. The van der Waals surface area contributed by atoms with Gasteiger partial charge in [0, 0.05) is 18.0 Å². The minimum absolute atomic E-state index is 0.215. The van der Waals surface area contributed by atoms with Crippen LogP contribution in [-0.2, 0) is 0 Å². The Bertz CT molecular complexity index is 291. The van der Waals surface area contributed by atoms with Crippen molar-refractivity contribution >= 4 is 53.0 Å². The van der Waals surface area contributed by atoms with Crippen molar-refractivity contribution in [3.05, 3.63) is 20.5 Å². The summed E-state index contributed by atoms with van der Waals surface area (Å²) in [7, 11) is 1.75. The molecule has 6 heteroatoms. The third-order valence-corrected chi connectivity index (χ3v) is 6.24. The van der Waals surface area contributed by atoms with Crippen LogP contribution in [0.15, 0.2) is 20.5 Å². The van der Waals surface area contributed by atoms with Gasteiger partial charge in [-0.3, -0.25) is 10.4 Å². The quantitative estimate of drug-likeness (QED) is 0.472. The fourth-order valence-electron chi connectivity index (χ4n) is 1.37. The zero-order valence-electron chi connectivity index (χ0n) is 8.20. The molecule has 0 saturated carbocycles. The predicted octanol–water partition coefficient (Wildman–Crippen LogP) is 2.45. The van der Waals surface area contributed by atoms with E-state index in [0.717, 1.165) is 15.1 Å². The largest absolute Gasteiger partial charge is 0.287 e. The van der Waals surface area contributed by atoms with Gasteiger partial charge in [0.2, 0.25) is 0 Å². The predicted molar refractivity (Wildman–Crippen MR) is 72.5 cm³/mol. The first-order valence-corrected chi connectivity index (χ1v) is 8.45. The van der Waals surface area contributed by atoms with Crippen LogP contribution in [0.1, 0.15) is 6.92 Å². The molecule has 14 heavy (non-hydrogen) atoms. The van der Waals surface area contributed by atoms with E-state index in [1.54, 1.807) is 0 Å². The molecule has 80 valence electrons. The molecule has 0 aromatic heterocycles. The Morgan fingerprint density at radius 2 is 2.21 bits per heavy atom. The summed E-state index contributed by atoms with van der Waals surface area (Å²) in [6, 6.07) is 1.25. The molecule has 0 spiro atoms. The maximum absolute atomic E-state index is 6.14. The molecule has 1 aliphatic heterocycles. The highest BCUT2D eigenvalue weighted by Gasteiger charge is 2.20. The van der Waals surface area contributed by atoms with Gasteiger partial charge in [0.1, 0.15) is 5.16 Å². The van der Waals surface area contributed by atoms with E-state index in [-0.39, 0.29) is 9.52 Å². The lowest BCUT2D eigenvalue weighted by Gasteiger charge is -2.30. The van der Waals surface area contributed by atoms with E-state index in [0.29, 0.717) is 0 Å². The zero-order chi connectivity index (χ0) is 10.7. The molecule has 0 bridgehead atoms. The Hall–Kier alpha value is 0.547. The summed E-state index contributed by atoms with van der Waals surface area (Å²) in [5, 5.41) is 4.88. The second-order valence-electron chi connectivity index (χ2n) is 3.12. The fourth-order valence-corrected chi connectivity index (χ4v) is 5.40. The molecule has 2 nitrogen and oxygen atoms in total. The lowest BCUT2D eigenvalue weighted by atomic mass is 10.3. The first-order chi connectivity index (χ1) is 6.61. The van der Waals surface area contributed by atoms with E-state index in [1.807, 2.05) is 12.1 Å². The highest BCUT2D eigenvalue weighted by Crippen LogP contribution is 2.30. The molecule has 0 unspecified atom stereocenters. The van der Waals surface area contributed by atoms with Gasteiger partial charge in [-0.2, -0.15) is 0 Å². The molecule has 1 N–H and O–H groups in total. The second kappa shape index (κ2) is 5.58. The Morgan fingerprint density at radius 1 is 1.57 bits per heavy atom. The topological polar surface area (TPSA) is 15.3 Å². The monoisotopic (exact) mass is 358 g/mol. The average molecular weight is 361 g/mol. The van der Waals surface area contributed by atoms with Crippen molar-refractivity contribution in [2.75, 3.05) is 12.4 Å². The van der Waals surface area contributed by atoms with E-state index in [1.165, 1.54) is 16.8 Å². The number of hydrogen-bond donors (Lipinski definition) is 1. The van der Waals surface area contributed by atoms with Gasteiger partial charge in [-0.1, -0.05) is 40.5 Å². The number of rotatable bonds is 3. The molecular weight excluding hydrogens is 347 g/mol. The third-order valence-electron chi connectivity index (χ3n) is 2.07. The van der Waals surface area contributed by atoms with Crippen LogP contribution in [0, 0.1) is 0 Å². The van der Waals surface area contributed by atoms with Crippen molar-refractivity contribution < 1.29 is 0 Å². The maximum Gasteiger partial charge on any atom is 0.124 e. The maximum atomic E-state index is 6.14. The molecule has 1 heterocycles. The molecule has 0 aromatic rings. The normalized spacial score (nSPS) is 18.5. The summed E-state index contributed by atoms with van der Waals surface area (Å²) in [4.78, 5) is 0. The van der Waals surface area contributed by atoms with Crippen molar-refractivity contribution in [3.63, 3.8) is 0 Å². The van der Waals surface area contributed by atoms with Crippen LogP contribution < -0.4 is 5.43 Å². The molecule has 0 radical (unpaired) electrons. The molecule has 0 saturated heterocycles. The van der Waals surface area contributed by atoms with Crippen LogP contribution in [0.2, 0.25) is 6.04 Å². The van der Waals surface area contributed by atoms with Crippen LogP contribution >= 0.6 is 43.5 Å². The Kier molecular flexibility index (Phi) is 5.03. The van der Waals surface area contributed by atoms with Crippen molar-refractivity contribution in [3.8, 4) is 0 Å². The number of allylic oxidation sites excluding steroid dienone is 2. The fraction of sp³-hybridized carbons (Fsp3) is 0.500. The van der Waals surface area contributed by atoms with E-state index in [2.05, 4.69) is 44.2 Å². The second-order valence-corrected chi connectivity index (χ2v) is 7.01. The Labute approximate surface area is 109 Å². The first kappa shape index (κ1) is 12.6. The van der Waals surface area contributed by atoms with E-state index >= 15 is 0 Å². The van der Waals surface area contributed by atoms with Crippen molar-refractivity contribution in [2.45, 2.75) is 13.0 Å². The first-order valence-electron chi connectivity index (χ1n) is 4.45. The van der Waals surface area contributed by atoms with Gasteiger partial charge >= 0.3 is 0 Å². The molecule has 1 aliphatic rings. The van der Waals surface area contributed by atoms with Crippen LogP contribution in [0.5, 0.6) is 0 Å². The van der Waals surface area contributed by atoms with Gasteiger partial charge in [0.05, 0.1) is 14.1 Å².